The first kappa shape index (κ1) is 18.3. The number of sulfonamides is 1. The molecule has 0 bridgehead atoms. The lowest BCUT2D eigenvalue weighted by Gasteiger charge is -2.10. The van der Waals surface area contributed by atoms with Crippen LogP contribution in [0.1, 0.15) is 5.56 Å². The predicted molar refractivity (Wildman–Crippen MR) is 118 cm³/mol. The van der Waals surface area contributed by atoms with Gasteiger partial charge in [-0.25, -0.2) is 13.4 Å². The molecule has 148 valence electrons. The second-order valence-corrected chi connectivity index (χ2v) is 8.76. The van der Waals surface area contributed by atoms with Crippen LogP contribution in [0.2, 0.25) is 0 Å². The zero-order valence-electron chi connectivity index (χ0n) is 16.1. The van der Waals surface area contributed by atoms with E-state index in [2.05, 4.69) is 14.7 Å². The number of anilines is 1. The van der Waals surface area contributed by atoms with Gasteiger partial charge in [0.25, 0.3) is 10.0 Å². The van der Waals surface area contributed by atoms with Crippen molar-refractivity contribution in [2.24, 2.45) is 0 Å². The molecule has 5 rings (SSSR count). The van der Waals surface area contributed by atoms with Gasteiger partial charge in [0.2, 0.25) is 0 Å². The summed E-state index contributed by atoms with van der Waals surface area (Å²) in [6.45, 7) is 2.03. The van der Waals surface area contributed by atoms with Crippen LogP contribution >= 0.6 is 0 Å². The number of hydrogen-bond acceptors (Lipinski definition) is 4. The summed E-state index contributed by atoms with van der Waals surface area (Å²) in [4.78, 5) is 9.04. The lowest BCUT2D eigenvalue weighted by atomic mass is 10.1. The number of aryl methyl sites for hydroxylation is 1. The first-order chi connectivity index (χ1) is 14.5. The summed E-state index contributed by atoms with van der Waals surface area (Å²) in [5, 5.41) is 0.776. The molecule has 1 N–H and O–H groups in total. The van der Waals surface area contributed by atoms with Crippen molar-refractivity contribution in [1.29, 1.82) is 0 Å². The van der Waals surface area contributed by atoms with Gasteiger partial charge in [0.15, 0.2) is 0 Å². The molecule has 0 atom stereocenters. The van der Waals surface area contributed by atoms with E-state index in [-0.39, 0.29) is 4.90 Å². The van der Waals surface area contributed by atoms with Crippen molar-refractivity contribution < 1.29 is 8.42 Å². The Labute approximate surface area is 173 Å². The Morgan fingerprint density at radius 3 is 2.60 bits per heavy atom. The summed E-state index contributed by atoms with van der Waals surface area (Å²) < 4.78 is 30.5. The Morgan fingerprint density at radius 2 is 1.77 bits per heavy atom. The van der Waals surface area contributed by atoms with Gasteiger partial charge in [-0.1, -0.05) is 30.3 Å². The molecule has 5 aromatic rings. The molecule has 3 heterocycles. The SMILES string of the molecule is Cc1ccn2cc(-c3ccc(NS(=O)(=O)c4cccc5cccnc45)cc3)nc2c1. The molecule has 0 amide bonds. The molecular weight excluding hydrogens is 396 g/mol. The summed E-state index contributed by atoms with van der Waals surface area (Å²) in [7, 11) is -3.77. The number of pyridine rings is 2. The third-order valence-electron chi connectivity index (χ3n) is 4.93. The fourth-order valence-electron chi connectivity index (χ4n) is 3.44. The highest BCUT2D eigenvalue weighted by Crippen LogP contribution is 2.25. The van der Waals surface area contributed by atoms with Crippen molar-refractivity contribution in [2.75, 3.05) is 4.72 Å². The highest BCUT2D eigenvalue weighted by molar-refractivity contribution is 7.93. The van der Waals surface area contributed by atoms with Gasteiger partial charge >= 0.3 is 0 Å². The average Bonchev–Trinajstić information content (AvgIpc) is 3.16. The van der Waals surface area contributed by atoms with Crippen molar-refractivity contribution >= 4 is 32.3 Å². The summed E-state index contributed by atoms with van der Waals surface area (Å²) in [5.74, 6) is 0. The van der Waals surface area contributed by atoms with Crippen LogP contribution in [0.15, 0.2) is 90.2 Å². The summed E-state index contributed by atoms with van der Waals surface area (Å²) in [6, 6.07) is 20.0. The van der Waals surface area contributed by atoms with Gasteiger partial charge in [-0.15, -0.1) is 0 Å². The lowest BCUT2D eigenvalue weighted by molar-refractivity contribution is 0.602. The van der Waals surface area contributed by atoms with Gasteiger partial charge in [0, 0.05) is 35.2 Å². The third kappa shape index (κ3) is 3.29. The van der Waals surface area contributed by atoms with Crippen LogP contribution in [0.4, 0.5) is 5.69 Å². The highest BCUT2D eigenvalue weighted by Gasteiger charge is 2.18. The van der Waals surface area contributed by atoms with E-state index in [4.69, 9.17) is 0 Å². The molecular formula is C23H18N4O2S. The van der Waals surface area contributed by atoms with E-state index in [1.54, 1.807) is 36.5 Å². The molecule has 0 aliphatic rings. The van der Waals surface area contributed by atoms with Crippen LogP contribution in [0.3, 0.4) is 0 Å². The topological polar surface area (TPSA) is 76.4 Å². The molecule has 2 aromatic carbocycles. The van der Waals surface area contributed by atoms with Crippen LogP contribution in [-0.4, -0.2) is 22.8 Å². The smallest absolute Gasteiger partial charge is 0.264 e. The summed E-state index contributed by atoms with van der Waals surface area (Å²) >= 11 is 0. The van der Waals surface area contributed by atoms with Crippen molar-refractivity contribution in [2.45, 2.75) is 11.8 Å². The van der Waals surface area contributed by atoms with Crippen molar-refractivity contribution in [1.82, 2.24) is 14.4 Å². The zero-order chi connectivity index (χ0) is 20.7. The van der Waals surface area contributed by atoms with Crippen molar-refractivity contribution in [3.63, 3.8) is 0 Å². The van der Waals surface area contributed by atoms with E-state index in [9.17, 15) is 8.42 Å². The Bertz CT molecular complexity index is 1480. The maximum Gasteiger partial charge on any atom is 0.264 e. The first-order valence-corrected chi connectivity index (χ1v) is 10.9. The van der Waals surface area contributed by atoms with E-state index in [1.165, 1.54) is 0 Å². The number of fused-ring (bicyclic) bond motifs is 2. The largest absolute Gasteiger partial charge is 0.306 e. The van der Waals surface area contributed by atoms with Crippen LogP contribution in [0.25, 0.3) is 27.8 Å². The Hall–Kier alpha value is -3.71. The second-order valence-electron chi connectivity index (χ2n) is 7.11. The maximum absolute atomic E-state index is 13.0. The average molecular weight is 414 g/mol. The van der Waals surface area contributed by atoms with E-state index in [0.29, 0.717) is 11.2 Å². The zero-order valence-corrected chi connectivity index (χ0v) is 17.0. The van der Waals surface area contributed by atoms with Gasteiger partial charge < -0.3 is 4.40 Å². The van der Waals surface area contributed by atoms with Gasteiger partial charge in [-0.3, -0.25) is 9.71 Å². The van der Waals surface area contributed by atoms with Gasteiger partial charge in [0.05, 0.1) is 11.2 Å². The fraction of sp³-hybridized carbons (Fsp3) is 0.0435. The molecule has 6 nitrogen and oxygen atoms in total. The quantitative estimate of drug-likeness (QED) is 0.464. The molecule has 30 heavy (non-hydrogen) atoms. The molecule has 0 spiro atoms. The molecule has 0 saturated heterocycles. The number of aromatic nitrogens is 3. The van der Waals surface area contributed by atoms with E-state index < -0.39 is 10.0 Å². The van der Waals surface area contributed by atoms with Crippen molar-refractivity contribution in [3.8, 4) is 11.3 Å². The Balaban J connectivity index is 1.45. The normalized spacial score (nSPS) is 11.8. The van der Waals surface area contributed by atoms with Crippen molar-refractivity contribution in [3.05, 3.63) is 90.9 Å². The van der Waals surface area contributed by atoms with E-state index in [1.807, 2.05) is 60.1 Å². The lowest BCUT2D eigenvalue weighted by Crippen LogP contribution is -2.13. The molecule has 0 fully saturated rings. The second kappa shape index (κ2) is 6.96. The van der Waals surface area contributed by atoms with Crippen LogP contribution in [-0.2, 0) is 10.0 Å². The number of hydrogen-bond donors (Lipinski definition) is 1. The van der Waals surface area contributed by atoms with Crippen LogP contribution in [0.5, 0.6) is 0 Å². The Morgan fingerprint density at radius 1 is 0.967 bits per heavy atom. The Kier molecular flexibility index (Phi) is 4.25. The molecule has 0 radical (unpaired) electrons. The molecule has 0 aliphatic heterocycles. The molecule has 0 saturated carbocycles. The van der Waals surface area contributed by atoms with Gasteiger partial charge in [-0.2, -0.15) is 0 Å². The minimum Gasteiger partial charge on any atom is -0.306 e. The number of imidazole rings is 1. The number of nitrogens with one attached hydrogen (secondary N) is 1. The molecule has 3 aromatic heterocycles. The standard InChI is InChI=1S/C23H18N4O2S/c1-16-11-13-27-15-20(25-22(27)14-16)17-7-9-19(10-8-17)26-30(28,29)21-6-2-4-18-5-3-12-24-23(18)21/h2-15,26H,1H3. The maximum atomic E-state index is 13.0. The van der Waals surface area contributed by atoms with Crippen LogP contribution in [0, 0.1) is 6.92 Å². The van der Waals surface area contributed by atoms with Crippen LogP contribution < -0.4 is 4.72 Å². The van der Waals surface area contributed by atoms with Gasteiger partial charge in [0.1, 0.15) is 10.5 Å². The van der Waals surface area contributed by atoms with E-state index >= 15 is 0 Å². The minimum atomic E-state index is -3.77. The van der Waals surface area contributed by atoms with Gasteiger partial charge in [-0.05, 0) is 48.9 Å². The number of para-hydroxylation sites is 1. The predicted octanol–water partition coefficient (Wildman–Crippen LogP) is 4.66. The highest BCUT2D eigenvalue weighted by atomic mass is 32.2. The minimum absolute atomic E-state index is 0.153. The summed E-state index contributed by atoms with van der Waals surface area (Å²) in [5.41, 5.74) is 4.68. The summed E-state index contributed by atoms with van der Waals surface area (Å²) in [6.07, 6.45) is 5.52. The fourth-order valence-corrected chi connectivity index (χ4v) is 4.67. The molecule has 7 heteroatoms. The third-order valence-corrected chi connectivity index (χ3v) is 6.35. The number of nitrogens with zero attached hydrogens (tertiary/aromatic N) is 3. The molecule has 0 unspecified atom stereocenters. The molecule has 0 aliphatic carbocycles. The monoisotopic (exact) mass is 414 g/mol. The number of benzene rings is 2. The first-order valence-electron chi connectivity index (χ1n) is 9.42. The van der Waals surface area contributed by atoms with E-state index in [0.717, 1.165) is 27.9 Å². The number of rotatable bonds is 4.